The molecule has 1 aliphatic heterocycles. The van der Waals surface area contributed by atoms with Gasteiger partial charge in [-0.05, 0) is 39.2 Å². The molecule has 146 valence electrons. The fraction of sp³-hybridized carbons (Fsp3) is 0.400. The maximum Gasteiger partial charge on any atom is 0.408 e. The van der Waals surface area contributed by atoms with Crippen molar-refractivity contribution in [2.24, 2.45) is 0 Å². The number of carbonyl (C=O) groups is 3. The lowest BCUT2D eigenvalue weighted by Crippen LogP contribution is -2.39. The number of hydrogen-bond acceptors (Lipinski definition) is 6. The van der Waals surface area contributed by atoms with Crippen LogP contribution in [0.4, 0.5) is 4.79 Å². The normalized spacial score (nSPS) is 16.9. The van der Waals surface area contributed by atoms with E-state index in [0.29, 0.717) is 28.8 Å². The van der Waals surface area contributed by atoms with Crippen LogP contribution in [0.3, 0.4) is 0 Å². The maximum absolute atomic E-state index is 12.1. The van der Waals surface area contributed by atoms with Crippen LogP contribution in [0.2, 0.25) is 0 Å². The molecule has 0 radical (unpaired) electrons. The lowest BCUT2D eigenvalue weighted by molar-refractivity contribution is -0.134. The molecule has 1 unspecified atom stereocenters. The number of rotatable bonds is 2. The van der Waals surface area contributed by atoms with E-state index >= 15 is 0 Å². The van der Waals surface area contributed by atoms with E-state index in [2.05, 4.69) is 27.5 Å². The molecule has 8 nitrogen and oxygen atoms in total. The predicted octanol–water partition coefficient (Wildman–Crippen LogP) is 2.22. The number of hydrogen-bond donors (Lipinski definition) is 2. The van der Waals surface area contributed by atoms with E-state index in [9.17, 15) is 14.4 Å². The highest BCUT2D eigenvalue weighted by atomic mass is 16.6. The summed E-state index contributed by atoms with van der Waals surface area (Å²) in [4.78, 5) is 39.4. The topological polar surface area (TPSA) is 111 Å². The molecule has 1 aliphatic rings. The number of imide groups is 1. The van der Waals surface area contributed by atoms with Crippen molar-refractivity contribution in [3.63, 3.8) is 0 Å². The average Bonchev–Trinajstić information content (AvgIpc) is 3.00. The minimum atomic E-state index is -0.574. The van der Waals surface area contributed by atoms with Crippen LogP contribution in [-0.4, -0.2) is 35.0 Å². The van der Waals surface area contributed by atoms with E-state index in [1.54, 1.807) is 39.1 Å². The van der Waals surface area contributed by atoms with Gasteiger partial charge in [0.1, 0.15) is 11.2 Å². The molecule has 0 saturated carbocycles. The van der Waals surface area contributed by atoms with E-state index in [1.165, 1.54) is 0 Å². The lowest BCUT2D eigenvalue weighted by atomic mass is 9.92. The maximum atomic E-state index is 12.1. The lowest BCUT2D eigenvalue weighted by Gasteiger charge is -2.20. The van der Waals surface area contributed by atoms with Gasteiger partial charge in [0.2, 0.25) is 11.8 Å². The third-order valence-electron chi connectivity index (χ3n) is 3.98. The van der Waals surface area contributed by atoms with Crippen LogP contribution < -0.4 is 10.6 Å². The third kappa shape index (κ3) is 4.68. The van der Waals surface area contributed by atoms with Crippen LogP contribution >= 0.6 is 0 Å². The summed E-state index contributed by atoms with van der Waals surface area (Å²) in [6, 6.07) is 3.40. The molecule has 0 spiro atoms. The summed E-state index contributed by atoms with van der Waals surface area (Å²) < 4.78 is 10.8. The molecule has 0 aliphatic carbocycles. The molecule has 28 heavy (non-hydrogen) atoms. The van der Waals surface area contributed by atoms with E-state index in [1.807, 2.05) is 0 Å². The summed E-state index contributed by atoms with van der Waals surface area (Å²) in [5.41, 5.74) is 0.542. The van der Waals surface area contributed by atoms with Crippen LogP contribution in [0, 0.1) is 11.8 Å². The van der Waals surface area contributed by atoms with Crippen molar-refractivity contribution >= 4 is 28.9 Å². The molecular formula is C20H21N3O5. The van der Waals surface area contributed by atoms with E-state index in [4.69, 9.17) is 9.15 Å². The fourth-order valence-electron chi connectivity index (χ4n) is 2.84. The SMILES string of the molecule is CC(C)(C)OC(=O)NCC#Cc1cc2c(C3CCC(=O)NC3=O)nccc2o1. The highest BCUT2D eigenvalue weighted by molar-refractivity contribution is 6.02. The number of piperidine rings is 1. The number of aromatic nitrogens is 1. The Morgan fingerprint density at radius 2 is 2.21 bits per heavy atom. The second kappa shape index (κ2) is 7.72. The molecule has 3 rings (SSSR count). The molecule has 0 bridgehead atoms. The summed E-state index contributed by atoms with van der Waals surface area (Å²) in [6.45, 7) is 5.44. The third-order valence-corrected chi connectivity index (χ3v) is 3.98. The Balaban J connectivity index is 1.73. The van der Waals surface area contributed by atoms with Crippen LogP contribution in [0.1, 0.15) is 51.0 Å². The number of carbonyl (C=O) groups excluding carboxylic acids is 3. The van der Waals surface area contributed by atoms with Crippen molar-refractivity contribution in [2.45, 2.75) is 45.1 Å². The first kappa shape index (κ1) is 19.4. The van der Waals surface area contributed by atoms with Crippen LogP contribution in [-0.2, 0) is 14.3 Å². The average molecular weight is 383 g/mol. The molecule has 2 N–H and O–H groups in total. The minimum absolute atomic E-state index is 0.101. The van der Waals surface area contributed by atoms with Crippen LogP contribution in [0.25, 0.3) is 11.0 Å². The number of pyridine rings is 1. The molecule has 3 heterocycles. The van der Waals surface area contributed by atoms with E-state index in [0.717, 1.165) is 0 Å². The Morgan fingerprint density at radius 1 is 1.43 bits per heavy atom. The number of alkyl carbamates (subject to hydrolysis) is 1. The number of nitrogens with zero attached hydrogens (tertiary/aromatic N) is 1. The zero-order valence-electron chi connectivity index (χ0n) is 15.9. The van der Waals surface area contributed by atoms with Crippen molar-refractivity contribution in [1.82, 2.24) is 15.6 Å². The van der Waals surface area contributed by atoms with Gasteiger partial charge in [-0.25, -0.2) is 4.79 Å². The second-order valence-electron chi connectivity index (χ2n) is 7.38. The quantitative estimate of drug-likeness (QED) is 0.608. The summed E-state index contributed by atoms with van der Waals surface area (Å²) in [5.74, 6) is 4.88. The fourth-order valence-corrected chi connectivity index (χ4v) is 2.84. The summed E-state index contributed by atoms with van der Waals surface area (Å²) in [7, 11) is 0. The van der Waals surface area contributed by atoms with Gasteiger partial charge in [-0.2, -0.15) is 0 Å². The number of fused-ring (bicyclic) bond motifs is 1. The molecule has 1 atom stereocenters. The molecule has 1 fully saturated rings. The monoisotopic (exact) mass is 383 g/mol. The molecule has 2 aromatic rings. The smallest absolute Gasteiger partial charge is 0.408 e. The first-order chi connectivity index (χ1) is 13.2. The second-order valence-corrected chi connectivity index (χ2v) is 7.38. The van der Waals surface area contributed by atoms with Gasteiger partial charge in [0, 0.05) is 24.1 Å². The van der Waals surface area contributed by atoms with Crippen LogP contribution in [0.5, 0.6) is 0 Å². The highest BCUT2D eigenvalue weighted by Gasteiger charge is 2.30. The molecule has 3 amide bonds. The summed E-state index contributed by atoms with van der Waals surface area (Å²) in [6.07, 6.45) is 1.69. The van der Waals surface area contributed by atoms with Gasteiger partial charge in [0.05, 0.1) is 18.2 Å². The Kier molecular flexibility index (Phi) is 5.36. The molecule has 8 heteroatoms. The van der Waals surface area contributed by atoms with Crippen molar-refractivity contribution < 1.29 is 23.5 Å². The van der Waals surface area contributed by atoms with E-state index in [-0.39, 0.29) is 24.8 Å². The Hall–Kier alpha value is -3.34. The standard InChI is InChI=1S/C20H21N3O5/c1-20(2,3)28-19(26)22-9-4-5-12-11-14-15(27-12)8-10-21-17(14)13-6-7-16(24)23-18(13)25/h8,10-11,13H,6-7,9H2,1-3H3,(H,22,26)(H,23,24,25). The number of nitrogens with one attached hydrogen (secondary N) is 2. The summed E-state index contributed by atoms with van der Waals surface area (Å²) >= 11 is 0. The number of ether oxygens (including phenoxy) is 1. The predicted molar refractivity (Wildman–Crippen MR) is 100 cm³/mol. The largest absolute Gasteiger partial charge is 0.448 e. The van der Waals surface area contributed by atoms with Crippen molar-refractivity contribution in [1.29, 1.82) is 0 Å². The van der Waals surface area contributed by atoms with Gasteiger partial charge < -0.3 is 14.5 Å². The summed E-state index contributed by atoms with van der Waals surface area (Å²) in [5, 5.41) is 5.56. The highest BCUT2D eigenvalue weighted by Crippen LogP contribution is 2.30. The van der Waals surface area contributed by atoms with Gasteiger partial charge in [0.25, 0.3) is 0 Å². The van der Waals surface area contributed by atoms with Gasteiger partial charge in [-0.3, -0.25) is 19.9 Å². The van der Waals surface area contributed by atoms with Crippen LogP contribution in [0.15, 0.2) is 22.7 Å². The van der Waals surface area contributed by atoms with Gasteiger partial charge in [-0.15, -0.1) is 0 Å². The zero-order chi connectivity index (χ0) is 20.3. The van der Waals surface area contributed by atoms with Gasteiger partial charge >= 0.3 is 6.09 Å². The van der Waals surface area contributed by atoms with E-state index < -0.39 is 17.6 Å². The number of amides is 3. The Labute approximate surface area is 162 Å². The zero-order valence-corrected chi connectivity index (χ0v) is 15.9. The number of furan rings is 1. The van der Waals surface area contributed by atoms with Crippen molar-refractivity contribution in [3.8, 4) is 11.8 Å². The first-order valence-electron chi connectivity index (χ1n) is 8.91. The van der Waals surface area contributed by atoms with Gasteiger partial charge in [-0.1, -0.05) is 5.92 Å². The van der Waals surface area contributed by atoms with Crippen molar-refractivity contribution in [3.05, 3.63) is 29.8 Å². The Bertz CT molecular complexity index is 991. The minimum Gasteiger partial charge on any atom is -0.448 e. The molecule has 2 aromatic heterocycles. The first-order valence-corrected chi connectivity index (χ1v) is 8.91. The molecular weight excluding hydrogens is 362 g/mol. The molecule has 0 aromatic carbocycles. The van der Waals surface area contributed by atoms with Gasteiger partial charge in [0.15, 0.2) is 5.76 Å². The van der Waals surface area contributed by atoms with Crippen molar-refractivity contribution in [2.75, 3.05) is 6.54 Å². The molecule has 1 saturated heterocycles. The Morgan fingerprint density at radius 3 is 2.93 bits per heavy atom.